The molecular formula is C15H15NO2. The zero-order chi connectivity index (χ0) is 13.0. The highest BCUT2D eigenvalue weighted by Crippen LogP contribution is 2.28. The summed E-state index contributed by atoms with van der Waals surface area (Å²) in [4.78, 5) is 15.7. The van der Waals surface area contributed by atoms with Gasteiger partial charge in [-0.15, -0.1) is 12.3 Å². The molecule has 0 amide bonds. The van der Waals surface area contributed by atoms with Crippen molar-refractivity contribution >= 4 is 11.7 Å². The van der Waals surface area contributed by atoms with Gasteiger partial charge in [0, 0.05) is 24.8 Å². The second kappa shape index (κ2) is 5.50. The summed E-state index contributed by atoms with van der Waals surface area (Å²) in [6.07, 6.45) is 7.94. The van der Waals surface area contributed by atoms with Crippen LogP contribution in [0.4, 0.5) is 0 Å². The third-order valence-electron chi connectivity index (χ3n) is 3.08. The zero-order valence-corrected chi connectivity index (χ0v) is 10.3. The van der Waals surface area contributed by atoms with E-state index in [2.05, 4.69) is 17.1 Å². The van der Waals surface area contributed by atoms with Gasteiger partial charge in [-0.2, -0.15) is 0 Å². The molecule has 1 atom stereocenters. The van der Waals surface area contributed by atoms with Gasteiger partial charge in [-0.25, -0.2) is 4.79 Å². The molecule has 1 unspecified atom stereocenters. The first-order valence-electron chi connectivity index (χ1n) is 5.99. The first-order chi connectivity index (χ1) is 8.72. The Morgan fingerprint density at radius 1 is 1.56 bits per heavy atom. The van der Waals surface area contributed by atoms with Crippen LogP contribution in [0.5, 0.6) is 0 Å². The lowest BCUT2D eigenvalue weighted by Gasteiger charge is -2.24. The first kappa shape index (κ1) is 12.4. The van der Waals surface area contributed by atoms with Gasteiger partial charge in [0.1, 0.15) is 0 Å². The predicted octanol–water partition coefficient (Wildman–Crippen LogP) is 2.54. The molecule has 0 aliphatic heterocycles. The minimum Gasteiger partial charge on any atom is -0.318 e. The number of carbonyl (C=O) groups excluding carboxylic acids is 1. The molecule has 92 valence electrons. The number of fused-ring (bicyclic) bond motifs is 1. The van der Waals surface area contributed by atoms with Gasteiger partial charge in [-0.3, -0.25) is 0 Å². The Morgan fingerprint density at radius 3 is 3.06 bits per heavy atom. The van der Waals surface area contributed by atoms with Gasteiger partial charge in [0.25, 0.3) is 0 Å². The highest BCUT2D eigenvalue weighted by molar-refractivity contribution is 6.04. The zero-order valence-electron chi connectivity index (χ0n) is 10.3. The molecule has 0 fully saturated rings. The minimum atomic E-state index is -0.412. The Hall–Kier alpha value is -2.08. The minimum absolute atomic E-state index is 0.171. The summed E-state index contributed by atoms with van der Waals surface area (Å²) < 4.78 is 0. The number of aryl methyl sites for hydroxylation is 1. The van der Waals surface area contributed by atoms with Crippen molar-refractivity contribution in [2.45, 2.75) is 26.2 Å². The van der Waals surface area contributed by atoms with Gasteiger partial charge in [-0.1, -0.05) is 29.4 Å². The normalized spacial score (nSPS) is 20.0. The van der Waals surface area contributed by atoms with Crippen molar-refractivity contribution in [1.29, 1.82) is 0 Å². The van der Waals surface area contributed by atoms with Gasteiger partial charge in [-0.05, 0) is 18.4 Å². The maximum Gasteiger partial charge on any atom is 0.331 e. The van der Waals surface area contributed by atoms with Crippen molar-refractivity contribution in [3.63, 3.8) is 0 Å². The number of benzene rings is 1. The van der Waals surface area contributed by atoms with Gasteiger partial charge < -0.3 is 4.84 Å². The van der Waals surface area contributed by atoms with Gasteiger partial charge in [0.15, 0.2) is 0 Å². The lowest BCUT2D eigenvalue weighted by Crippen LogP contribution is -2.23. The van der Waals surface area contributed by atoms with Gasteiger partial charge in [0.2, 0.25) is 0 Å². The molecule has 1 aliphatic rings. The molecule has 0 spiro atoms. The van der Waals surface area contributed by atoms with Crippen LogP contribution in [0, 0.1) is 18.3 Å². The largest absolute Gasteiger partial charge is 0.331 e. The molecule has 3 heteroatoms. The number of terminal acetylenes is 1. The second-order valence-electron chi connectivity index (χ2n) is 4.36. The average molecular weight is 241 g/mol. The third kappa shape index (κ3) is 2.60. The third-order valence-corrected chi connectivity index (χ3v) is 3.08. The van der Waals surface area contributed by atoms with Crippen LogP contribution in [0.2, 0.25) is 0 Å². The Bertz CT molecular complexity index is 526. The number of hydrogen-bond donors (Lipinski definition) is 0. The van der Waals surface area contributed by atoms with Crippen molar-refractivity contribution in [3.05, 3.63) is 35.4 Å². The van der Waals surface area contributed by atoms with E-state index in [1.165, 1.54) is 12.5 Å². The Morgan fingerprint density at radius 2 is 2.33 bits per heavy atom. The topological polar surface area (TPSA) is 38.7 Å². The van der Waals surface area contributed by atoms with E-state index in [1.807, 2.05) is 18.2 Å². The number of nitrogens with zero attached hydrogens (tertiary/aromatic N) is 1. The molecule has 3 nitrogen and oxygen atoms in total. The van der Waals surface area contributed by atoms with E-state index < -0.39 is 5.97 Å². The van der Waals surface area contributed by atoms with Crippen LogP contribution in [0.15, 0.2) is 29.4 Å². The maximum atomic E-state index is 10.9. The summed E-state index contributed by atoms with van der Waals surface area (Å²) in [5.41, 5.74) is 3.08. The van der Waals surface area contributed by atoms with Crippen LogP contribution in [-0.4, -0.2) is 11.7 Å². The average Bonchev–Trinajstić information content (AvgIpc) is 2.37. The van der Waals surface area contributed by atoms with Crippen LogP contribution >= 0.6 is 0 Å². The summed E-state index contributed by atoms with van der Waals surface area (Å²) in [5.74, 6) is 2.42. The van der Waals surface area contributed by atoms with Crippen molar-refractivity contribution in [1.82, 2.24) is 0 Å². The SMILES string of the molecule is C#CCC1CCc2ccccc2/C1=N/OC(C)=O. The number of rotatable bonds is 2. The molecule has 0 heterocycles. The molecule has 0 N–H and O–H groups in total. The lowest BCUT2D eigenvalue weighted by molar-refractivity contribution is -0.140. The molecule has 1 aliphatic carbocycles. The van der Waals surface area contributed by atoms with E-state index in [0.717, 1.165) is 24.1 Å². The fourth-order valence-electron chi connectivity index (χ4n) is 2.25. The van der Waals surface area contributed by atoms with Gasteiger partial charge >= 0.3 is 5.97 Å². The Balaban J connectivity index is 2.37. The van der Waals surface area contributed by atoms with Crippen LogP contribution in [0.1, 0.15) is 30.9 Å². The molecule has 18 heavy (non-hydrogen) atoms. The summed E-state index contributed by atoms with van der Waals surface area (Å²) in [5, 5.41) is 4.00. The van der Waals surface area contributed by atoms with Crippen molar-refractivity contribution in [2.24, 2.45) is 11.1 Å². The molecule has 0 bridgehead atoms. The van der Waals surface area contributed by atoms with Crippen LogP contribution in [0.25, 0.3) is 0 Å². The van der Waals surface area contributed by atoms with Crippen LogP contribution in [-0.2, 0) is 16.1 Å². The molecule has 0 aromatic heterocycles. The number of hydrogen-bond acceptors (Lipinski definition) is 3. The van der Waals surface area contributed by atoms with E-state index in [4.69, 9.17) is 11.3 Å². The maximum absolute atomic E-state index is 10.9. The van der Waals surface area contributed by atoms with Crippen molar-refractivity contribution in [3.8, 4) is 12.3 Å². The molecule has 2 rings (SSSR count). The summed E-state index contributed by atoms with van der Waals surface area (Å²) >= 11 is 0. The first-order valence-corrected chi connectivity index (χ1v) is 5.99. The fourth-order valence-corrected chi connectivity index (χ4v) is 2.25. The fraction of sp³-hybridized carbons (Fsp3) is 0.333. The Labute approximate surface area is 107 Å². The quantitative estimate of drug-likeness (QED) is 0.453. The van der Waals surface area contributed by atoms with Crippen LogP contribution in [0.3, 0.4) is 0 Å². The van der Waals surface area contributed by atoms with E-state index in [9.17, 15) is 4.79 Å². The van der Waals surface area contributed by atoms with Gasteiger partial charge in [0.05, 0.1) is 5.71 Å². The standard InChI is InChI=1S/C15H15NO2/c1-3-6-13-10-9-12-7-4-5-8-14(12)15(13)16-18-11(2)17/h1,4-5,7-8,13H,6,9-10H2,2H3/b16-15+. The lowest BCUT2D eigenvalue weighted by atomic mass is 9.81. The van der Waals surface area contributed by atoms with E-state index in [1.54, 1.807) is 0 Å². The molecule has 1 aromatic rings. The van der Waals surface area contributed by atoms with Crippen molar-refractivity contribution < 1.29 is 9.63 Å². The molecule has 0 radical (unpaired) electrons. The smallest absolute Gasteiger partial charge is 0.318 e. The predicted molar refractivity (Wildman–Crippen MR) is 70.0 cm³/mol. The molecule has 1 aromatic carbocycles. The number of oxime groups is 1. The van der Waals surface area contributed by atoms with E-state index >= 15 is 0 Å². The molecular weight excluding hydrogens is 226 g/mol. The summed E-state index contributed by atoms with van der Waals surface area (Å²) in [6, 6.07) is 8.04. The van der Waals surface area contributed by atoms with Crippen LogP contribution < -0.4 is 0 Å². The van der Waals surface area contributed by atoms with E-state index in [-0.39, 0.29) is 5.92 Å². The van der Waals surface area contributed by atoms with E-state index in [0.29, 0.717) is 6.42 Å². The monoisotopic (exact) mass is 241 g/mol. The highest BCUT2D eigenvalue weighted by atomic mass is 16.7. The summed E-state index contributed by atoms with van der Waals surface area (Å²) in [6.45, 7) is 1.34. The number of carbonyl (C=O) groups is 1. The van der Waals surface area contributed by atoms with Crippen molar-refractivity contribution in [2.75, 3.05) is 0 Å². The Kier molecular flexibility index (Phi) is 3.78. The molecule has 0 saturated heterocycles. The second-order valence-corrected chi connectivity index (χ2v) is 4.36. The molecule has 0 saturated carbocycles. The highest BCUT2D eigenvalue weighted by Gasteiger charge is 2.25. The summed E-state index contributed by atoms with van der Waals surface area (Å²) in [7, 11) is 0.